The van der Waals surface area contributed by atoms with Crippen LogP contribution in [0.3, 0.4) is 0 Å². The van der Waals surface area contributed by atoms with Gasteiger partial charge in [-0.25, -0.2) is 9.97 Å². The Morgan fingerprint density at radius 3 is 2.83 bits per heavy atom. The normalized spacial score (nSPS) is 21.2. The smallest absolute Gasteiger partial charge is 0.256 e. The number of pyridine rings is 2. The number of carbonyl (C=O) groups excluding carboxylic acids is 2. The highest BCUT2D eigenvalue weighted by atomic mass is 35.5. The number of thioether (sulfide) groups is 1. The van der Waals surface area contributed by atoms with E-state index in [2.05, 4.69) is 25.9 Å². The van der Waals surface area contributed by atoms with Gasteiger partial charge in [-0.05, 0) is 55.3 Å². The number of nitrogens with one attached hydrogen (secondary N) is 3. The molecular weight excluding hydrogens is 502 g/mol. The lowest BCUT2D eigenvalue weighted by atomic mass is 9.81. The van der Waals surface area contributed by atoms with E-state index in [1.54, 1.807) is 12.3 Å². The van der Waals surface area contributed by atoms with Gasteiger partial charge in [0.2, 0.25) is 11.8 Å². The number of hydrogen-bond acceptors (Lipinski definition) is 8. The highest BCUT2D eigenvalue weighted by molar-refractivity contribution is 8.00. The van der Waals surface area contributed by atoms with E-state index in [0.29, 0.717) is 60.8 Å². The summed E-state index contributed by atoms with van der Waals surface area (Å²) in [6.45, 7) is 0.548. The van der Waals surface area contributed by atoms with E-state index in [4.69, 9.17) is 4.74 Å². The number of fused-ring (bicyclic) bond motifs is 2. The van der Waals surface area contributed by atoms with Crippen LogP contribution in [0.4, 0.5) is 11.5 Å². The highest BCUT2D eigenvalue weighted by Crippen LogP contribution is 2.34. The van der Waals surface area contributed by atoms with Crippen molar-refractivity contribution in [3.05, 3.63) is 48.3 Å². The fraction of sp³-hybridized carbons (Fsp3) is 0.360. The van der Waals surface area contributed by atoms with Crippen molar-refractivity contribution in [1.29, 1.82) is 0 Å². The van der Waals surface area contributed by atoms with Crippen molar-refractivity contribution < 1.29 is 19.4 Å². The van der Waals surface area contributed by atoms with Crippen molar-refractivity contribution in [2.24, 2.45) is 0 Å². The van der Waals surface area contributed by atoms with Gasteiger partial charge in [0.1, 0.15) is 11.4 Å². The average Bonchev–Trinajstić information content (AvgIpc) is 2.87. The maximum Gasteiger partial charge on any atom is 0.256 e. The Hall–Kier alpha value is -2.92. The van der Waals surface area contributed by atoms with Gasteiger partial charge in [-0.2, -0.15) is 0 Å². The molecule has 9 nitrogen and oxygen atoms in total. The molecule has 0 saturated heterocycles. The Balaban J connectivity index is 0.00000304. The molecule has 0 spiro atoms. The van der Waals surface area contributed by atoms with Crippen molar-refractivity contribution in [2.75, 3.05) is 23.5 Å². The van der Waals surface area contributed by atoms with Crippen molar-refractivity contribution in [1.82, 2.24) is 15.3 Å². The molecule has 2 aromatic heterocycles. The lowest BCUT2D eigenvalue weighted by Gasteiger charge is -2.35. The number of hydrogen-bond donors (Lipinski definition) is 4. The first-order chi connectivity index (χ1) is 16.9. The summed E-state index contributed by atoms with van der Waals surface area (Å²) >= 11 is 1.49. The molecule has 0 bridgehead atoms. The van der Waals surface area contributed by atoms with Crippen molar-refractivity contribution in [3.63, 3.8) is 0 Å². The minimum Gasteiger partial charge on any atom is -0.480 e. The van der Waals surface area contributed by atoms with Crippen LogP contribution in [0, 0.1) is 0 Å². The van der Waals surface area contributed by atoms with Crippen LogP contribution in [0.5, 0.6) is 5.88 Å². The number of rotatable bonds is 6. The molecule has 4 N–H and O–H groups in total. The minimum absolute atomic E-state index is 0. The summed E-state index contributed by atoms with van der Waals surface area (Å²) in [7, 11) is 1.54. The molecular formula is C25H28ClN5O4S. The van der Waals surface area contributed by atoms with Crippen LogP contribution in [0.15, 0.2) is 47.5 Å². The zero-order chi connectivity index (χ0) is 24.4. The summed E-state index contributed by atoms with van der Waals surface area (Å²) in [5.74, 6) is 0.991. The molecule has 1 fully saturated rings. The molecule has 3 aromatic rings. The molecule has 36 heavy (non-hydrogen) atoms. The lowest BCUT2D eigenvalue weighted by Crippen LogP contribution is -2.48. The maximum absolute atomic E-state index is 13.1. The van der Waals surface area contributed by atoms with Crippen LogP contribution in [-0.4, -0.2) is 51.4 Å². The Morgan fingerprint density at radius 2 is 2.06 bits per heavy atom. The van der Waals surface area contributed by atoms with E-state index in [0.717, 1.165) is 16.0 Å². The predicted molar refractivity (Wildman–Crippen MR) is 142 cm³/mol. The number of anilines is 2. The van der Waals surface area contributed by atoms with Gasteiger partial charge >= 0.3 is 0 Å². The van der Waals surface area contributed by atoms with Gasteiger partial charge in [0.25, 0.3) is 5.91 Å². The van der Waals surface area contributed by atoms with Crippen molar-refractivity contribution >= 4 is 58.3 Å². The molecule has 3 heterocycles. The van der Waals surface area contributed by atoms with Gasteiger partial charge in [0.15, 0.2) is 0 Å². The maximum atomic E-state index is 13.1. The SMILES string of the molecule is COc1nccc2cccc(NC(=O)[C@]3(O)CC[C@@H](NCc4ccc5c(n4)NC(=O)CS5)CC3)c12.Cl. The summed E-state index contributed by atoms with van der Waals surface area (Å²) in [6.07, 6.45) is 3.66. The second-order valence-electron chi connectivity index (χ2n) is 8.85. The fourth-order valence-electron chi connectivity index (χ4n) is 4.57. The molecule has 1 saturated carbocycles. The fourth-order valence-corrected chi connectivity index (χ4v) is 5.33. The molecule has 11 heteroatoms. The van der Waals surface area contributed by atoms with Gasteiger partial charge in [-0.3, -0.25) is 9.59 Å². The first-order valence-electron chi connectivity index (χ1n) is 11.6. The molecule has 0 atom stereocenters. The van der Waals surface area contributed by atoms with Crippen LogP contribution in [-0.2, 0) is 16.1 Å². The number of halogens is 1. The van der Waals surface area contributed by atoms with E-state index in [9.17, 15) is 14.7 Å². The molecule has 5 rings (SSSR count). The summed E-state index contributed by atoms with van der Waals surface area (Å²) in [5, 5.41) is 21.9. The summed E-state index contributed by atoms with van der Waals surface area (Å²) in [6, 6.07) is 11.5. The summed E-state index contributed by atoms with van der Waals surface area (Å²) in [5.41, 5.74) is -0.0417. The predicted octanol–water partition coefficient (Wildman–Crippen LogP) is 3.51. The molecule has 190 valence electrons. The first-order valence-corrected chi connectivity index (χ1v) is 12.6. The number of benzene rings is 1. The van der Waals surface area contributed by atoms with E-state index >= 15 is 0 Å². The standard InChI is InChI=1S/C25H27N5O4S.ClH/c1-34-23-21-15(9-12-26-23)3-2-4-18(21)29-24(32)25(33)10-7-16(8-11-25)27-13-17-5-6-19-22(28-17)30-20(31)14-35-19;/h2-6,9,12,16,27,33H,7-8,10-11,13-14H2,1H3,(H,29,32)(H,28,30,31);1H/t16-,25+;. The van der Waals surface area contributed by atoms with Gasteiger partial charge in [0, 0.05) is 18.8 Å². The highest BCUT2D eigenvalue weighted by Gasteiger charge is 2.40. The number of methoxy groups -OCH3 is 1. The largest absolute Gasteiger partial charge is 0.480 e. The molecule has 1 aliphatic carbocycles. The molecule has 0 radical (unpaired) electrons. The van der Waals surface area contributed by atoms with E-state index in [-0.39, 0.29) is 24.4 Å². The van der Waals surface area contributed by atoms with E-state index in [1.165, 1.54) is 18.9 Å². The Morgan fingerprint density at radius 1 is 1.25 bits per heavy atom. The van der Waals surface area contributed by atoms with Crippen LogP contribution >= 0.6 is 24.2 Å². The Kier molecular flexibility index (Phi) is 7.99. The topological polar surface area (TPSA) is 125 Å². The molecule has 1 aliphatic heterocycles. The third-order valence-corrected chi connectivity index (χ3v) is 7.58. The van der Waals surface area contributed by atoms with E-state index < -0.39 is 11.5 Å². The van der Waals surface area contributed by atoms with Gasteiger partial charge in [0.05, 0.1) is 34.5 Å². The van der Waals surface area contributed by atoms with Crippen molar-refractivity contribution in [3.8, 4) is 5.88 Å². The summed E-state index contributed by atoms with van der Waals surface area (Å²) < 4.78 is 5.37. The van der Waals surface area contributed by atoms with Crippen LogP contribution < -0.4 is 20.7 Å². The summed E-state index contributed by atoms with van der Waals surface area (Å²) in [4.78, 5) is 34.5. The number of nitrogens with zero attached hydrogens (tertiary/aromatic N) is 2. The monoisotopic (exact) mass is 529 g/mol. The third kappa shape index (κ3) is 5.41. The zero-order valence-electron chi connectivity index (χ0n) is 19.7. The van der Waals surface area contributed by atoms with Gasteiger partial charge in [-0.1, -0.05) is 12.1 Å². The van der Waals surface area contributed by atoms with Gasteiger partial charge in [-0.15, -0.1) is 24.2 Å². The van der Waals surface area contributed by atoms with Crippen LogP contribution in [0.1, 0.15) is 31.4 Å². The second-order valence-corrected chi connectivity index (χ2v) is 9.87. The van der Waals surface area contributed by atoms with Crippen LogP contribution in [0.2, 0.25) is 0 Å². The average molecular weight is 530 g/mol. The molecule has 2 aliphatic rings. The van der Waals surface area contributed by atoms with Gasteiger partial charge < -0.3 is 25.8 Å². The number of aromatic nitrogens is 2. The lowest BCUT2D eigenvalue weighted by molar-refractivity contribution is -0.137. The quantitative estimate of drug-likeness (QED) is 0.382. The number of aliphatic hydroxyl groups is 1. The van der Waals surface area contributed by atoms with Crippen LogP contribution in [0.25, 0.3) is 10.8 Å². The molecule has 2 amide bonds. The van der Waals surface area contributed by atoms with E-state index in [1.807, 2.05) is 30.3 Å². The molecule has 1 aromatic carbocycles. The Bertz CT molecular complexity index is 1280. The minimum atomic E-state index is -1.44. The number of amides is 2. The second kappa shape index (κ2) is 11.0. The third-order valence-electron chi connectivity index (χ3n) is 6.54. The number of carbonyl (C=O) groups is 2. The Labute approximate surface area is 219 Å². The van der Waals surface area contributed by atoms with Crippen molar-refractivity contribution in [2.45, 2.75) is 48.8 Å². The molecule has 0 unspecified atom stereocenters. The number of ether oxygens (including phenoxy) is 1. The first kappa shape index (κ1) is 26.2. The zero-order valence-corrected chi connectivity index (χ0v) is 21.4.